The summed E-state index contributed by atoms with van der Waals surface area (Å²) in [5.41, 5.74) is 3.89. The van der Waals surface area contributed by atoms with Gasteiger partial charge in [-0.3, -0.25) is 30.6 Å². The van der Waals surface area contributed by atoms with Crippen LogP contribution in [-0.4, -0.2) is 22.5 Å². The molecule has 0 aliphatic heterocycles. The van der Waals surface area contributed by atoms with E-state index in [1.165, 1.54) is 18.2 Å². The van der Waals surface area contributed by atoms with Crippen molar-refractivity contribution in [3.05, 3.63) is 69.8 Å². The van der Waals surface area contributed by atoms with Crippen molar-refractivity contribution < 1.29 is 23.3 Å². The molecule has 0 saturated carbocycles. The first-order chi connectivity index (χ1) is 11.9. The lowest BCUT2D eigenvalue weighted by Crippen LogP contribution is -2.42. The standard InChI is InChI=1S/C15H11F2N3O4S/c16-10-4-5-12(17)13(7-10)25-8-14(21)18-19-15(22)9-2-1-3-11(6-9)20(23)24/h1-7H,8H2,(H,18,21)(H,19,22). The fraction of sp³-hybridized carbons (Fsp3) is 0.0667. The summed E-state index contributed by atoms with van der Waals surface area (Å²) in [7, 11) is 0. The van der Waals surface area contributed by atoms with Crippen molar-refractivity contribution >= 4 is 29.3 Å². The van der Waals surface area contributed by atoms with E-state index in [0.29, 0.717) is 0 Å². The minimum Gasteiger partial charge on any atom is -0.272 e. The summed E-state index contributed by atoms with van der Waals surface area (Å²) >= 11 is 0.755. The average Bonchev–Trinajstić information content (AvgIpc) is 2.60. The van der Waals surface area contributed by atoms with Gasteiger partial charge < -0.3 is 0 Å². The molecular weight excluding hydrogens is 356 g/mol. The summed E-state index contributed by atoms with van der Waals surface area (Å²) in [4.78, 5) is 33.4. The molecule has 0 aromatic heterocycles. The number of hydrogen-bond donors (Lipinski definition) is 2. The highest BCUT2D eigenvalue weighted by Gasteiger charge is 2.13. The van der Waals surface area contributed by atoms with Crippen LogP contribution in [0.1, 0.15) is 10.4 Å². The molecule has 10 heteroatoms. The van der Waals surface area contributed by atoms with Gasteiger partial charge in [-0.25, -0.2) is 8.78 Å². The third kappa shape index (κ3) is 5.24. The van der Waals surface area contributed by atoms with Crippen LogP contribution in [0.4, 0.5) is 14.5 Å². The highest BCUT2D eigenvalue weighted by molar-refractivity contribution is 8.00. The molecule has 0 saturated heterocycles. The SMILES string of the molecule is O=C(CSc1cc(F)ccc1F)NNC(=O)c1cccc([N+](=O)[O-])c1. The molecule has 0 aliphatic carbocycles. The first-order valence-corrected chi connectivity index (χ1v) is 7.77. The number of rotatable bonds is 5. The molecule has 0 atom stereocenters. The van der Waals surface area contributed by atoms with Gasteiger partial charge in [0.05, 0.1) is 10.7 Å². The van der Waals surface area contributed by atoms with Crippen LogP contribution in [0.15, 0.2) is 47.4 Å². The molecule has 2 aromatic rings. The Morgan fingerprint density at radius 2 is 1.88 bits per heavy atom. The molecule has 0 aliphatic rings. The molecule has 25 heavy (non-hydrogen) atoms. The van der Waals surface area contributed by atoms with Crippen LogP contribution in [0.25, 0.3) is 0 Å². The number of non-ortho nitro benzene ring substituents is 1. The number of amides is 2. The number of nitro groups is 1. The number of halogens is 2. The van der Waals surface area contributed by atoms with Crippen LogP contribution in [-0.2, 0) is 4.79 Å². The van der Waals surface area contributed by atoms with Crippen LogP contribution in [0.5, 0.6) is 0 Å². The van der Waals surface area contributed by atoms with Gasteiger partial charge in [-0.15, -0.1) is 11.8 Å². The monoisotopic (exact) mass is 367 g/mol. The maximum atomic E-state index is 13.4. The third-order valence-electron chi connectivity index (χ3n) is 2.89. The highest BCUT2D eigenvalue weighted by Crippen LogP contribution is 2.22. The molecule has 130 valence electrons. The number of nitrogens with zero attached hydrogens (tertiary/aromatic N) is 1. The first-order valence-electron chi connectivity index (χ1n) is 6.78. The van der Waals surface area contributed by atoms with Gasteiger partial charge in [0.1, 0.15) is 11.6 Å². The third-order valence-corrected chi connectivity index (χ3v) is 3.92. The Morgan fingerprint density at radius 3 is 2.60 bits per heavy atom. The van der Waals surface area contributed by atoms with E-state index < -0.39 is 28.4 Å². The Hall–Kier alpha value is -3.01. The van der Waals surface area contributed by atoms with Crippen molar-refractivity contribution in [3.63, 3.8) is 0 Å². The number of thioether (sulfide) groups is 1. The normalized spacial score (nSPS) is 10.2. The van der Waals surface area contributed by atoms with Crippen LogP contribution < -0.4 is 10.9 Å². The molecule has 0 bridgehead atoms. The van der Waals surface area contributed by atoms with Gasteiger partial charge in [-0.05, 0) is 24.3 Å². The van der Waals surface area contributed by atoms with E-state index in [1.54, 1.807) is 0 Å². The van der Waals surface area contributed by atoms with Gasteiger partial charge in [-0.2, -0.15) is 0 Å². The predicted molar refractivity (Wildman–Crippen MR) is 85.8 cm³/mol. The van der Waals surface area contributed by atoms with Crippen molar-refractivity contribution in [2.75, 3.05) is 5.75 Å². The molecule has 0 spiro atoms. The van der Waals surface area contributed by atoms with Crippen LogP contribution in [0, 0.1) is 21.7 Å². The van der Waals surface area contributed by atoms with E-state index in [1.807, 2.05) is 0 Å². The Labute approximate surface area is 144 Å². The zero-order valence-corrected chi connectivity index (χ0v) is 13.3. The van der Waals surface area contributed by atoms with Crippen LogP contribution in [0.3, 0.4) is 0 Å². The van der Waals surface area contributed by atoms with Crippen molar-refractivity contribution in [1.82, 2.24) is 10.9 Å². The molecule has 0 unspecified atom stereocenters. The minimum absolute atomic E-state index is 0.0154. The molecule has 2 N–H and O–H groups in total. The first kappa shape index (κ1) is 18.3. The number of nitro benzene ring substituents is 1. The number of carbonyl (C=O) groups is 2. The summed E-state index contributed by atoms with van der Waals surface area (Å²) in [5, 5.41) is 10.7. The molecule has 2 aromatic carbocycles. The smallest absolute Gasteiger partial charge is 0.270 e. The van der Waals surface area contributed by atoms with Crippen LogP contribution in [0.2, 0.25) is 0 Å². The van der Waals surface area contributed by atoms with Crippen LogP contribution >= 0.6 is 11.8 Å². The quantitative estimate of drug-likeness (QED) is 0.480. The van der Waals surface area contributed by atoms with Gasteiger partial charge in [0.2, 0.25) is 5.91 Å². The van der Waals surface area contributed by atoms with E-state index >= 15 is 0 Å². The fourth-order valence-corrected chi connectivity index (χ4v) is 2.49. The highest BCUT2D eigenvalue weighted by atomic mass is 32.2. The molecule has 2 amide bonds. The summed E-state index contributed by atoms with van der Waals surface area (Å²) in [6.07, 6.45) is 0. The van der Waals surface area contributed by atoms with Crippen molar-refractivity contribution in [2.45, 2.75) is 4.90 Å². The Balaban J connectivity index is 1.87. The molecule has 0 fully saturated rings. The van der Waals surface area contributed by atoms with E-state index in [9.17, 15) is 28.5 Å². The molecule has 0 heterocycles. The zero-order valence-electron chi connectivity index (χ0n) is 12.5. The number of hydrazine groups is 1. The van der Waals surface area contributed by atoms with Crippen molar-refractivity contribution in [3.8, 4) is 0 Å². The van der Waals surface area contributed by atoms with Gasteiger partial charge in [0, 0.05) is 22.6 Å². The lowest BCUT2D eigenvalue weighted by Gasteiger charge is -2.07. The number of benzene rings is 2. The summed E-state index contributed by atoms with van der Waals surface area (Å²) < 4.78 is 26.4. The van der Waals surface area contributed by atoms with Crippen molar-refractivity contribution in [1.29, 1.82) is 0 Å². The molecule has 0 radical (unpaired) electrons. The number of hydrogen-bond acceptors (Lipinski definition) is 5. The molecule has 2 rings (SSSR count). The maximum Gasteiger partial charge on any atom is 0.270 e. The maximum absolute atomic E-state index is 13.4. The van der Waals surface area contributed by atoms with E-state index in [4.69, 9.17) is 0 Å². The van der Waals surface area contributed by atoms with Crippen molar-refractivity contribution in [2.24, 2.45) is 0 Å². The summed E-state index contributed by atoms with van der Waals surface area (Å²) in [6.45, 7) is 0. The van der Waals surface area contributed by atoms with Gasteiger partial charge in [0.25, 0.3) is 11.6 Å². The lowest BCUT2D eigenvalue weighted by atomic mass is 10.2. The molecule has 7 nitrogen and oxygen atoms in total. The van der Waals surface area contributed by atoms with Gasteiger partial charge in [-0.1, -0.05) is 6.07 Å². The second kappa shape index (κ2) is 8.20. The predicted octanol–water partition coefficient (Wildman–Crippen LogP) is 2.43. The lowest BCUT2D eigenvalue weighted by molar-refractivity contribution is -0.384. The van der Waals surface area contributed by atoms with E-state index in [0.717, 1.165) is 36.0 Å². The number of carbonyl (C=O) groups excluding carboxylic acids is 2. The average molecular weight is 367 g/mol. The van der Waals surface area contributed by atoms with E-state index in [2.05, 4.69) is 10.9 Å². The molecular formula is C15H11F2N3O4S. The van der Waals surface area contributed by atoms with E-state index in [-0.39, 0.29) is 21.9 Å². The largest absolute Gasteiger partial charge is 0.272 e. The Bertz CT molecular complexity index is 832. The Morgan fingerprint density at radius 1 is 1.12 bits per heavy atom. The van der Waals surface area contributed by atoms with Gasteiger partial charge in [0.15, 0.2) is 0 Å². The Kier molecular flexibility index (Phi) is 6.01. The number of nitrogens with one attached hydrogen (secondary N) is 2. The van der Waals surface area contributed by atoms with Gasteiger partial charge >= 0.3 is 0 Å². The minimum atomic E-state index is -0.751. The second-order valence-electron chi connectivity index (χ2n) is 4.67. The topological polar surface area (TPSA) is 101 Å². The zero-order chi connectivity index (χ0) is 18.4. The summed E-state index contributed by atoms with van der Waals surface area (Å²) in [5.74, 6) is -2.98. The second-order valence-corrected chi connectivity index (χ2v) is 5.69. The summed E-state index contributed by atoms with van der Waals surface area (Å²) in [6, 6.07) is 7.80. The fourth-order valence-electron chi connectivity index (χ4n) is 1.73.